The Kier molecular flexibility index (Phi) is 23.5. The van der Waals surface area contributed by atoms with E-state index in [0.29, 0.717) is 77.5 Å². The van der Waals surface area contributed by atoms with E-state index in [1.54, 1.807) is 57.2 Å². The molecule has 0 saturated heterocycles. The second kappa shape index (κ2) is 36.1. The van der Waals surface area contributed by atoms with Crippen LogP contribution in [0.3, 0.4) is 0 Å². The lowest BCUT2D eigenvalue weighted by Crippen LogP contribution is -2.33. The Morgan fingerprint density at radius 3 is 1.06 bits per heavy atom. The van der Waals surface area contributed by atoms with Gasteiger partial charge in [0.2, 0.25) is 0 Å². The van der Waals surface area contributed by atoms with Crippen molar-refractivity contribution in [2.75, 3.05) is 72.7 Å². The number of hydrogen-bond acceptors (Lipinski definition) is 30. The van der Waals surface area contributed by atoms with Crippen LogP contribution in [0.4, 0.5) is 30.6 Å². The van der Waals surface area contributed by atoms with E-state index < -0.39 is 113 Å². The standard InChI is InChI=1S/3C24H31FN6O4S.CH4/c3*1-3-8-36-24-27-22(26-16-10-14(16)13-5-4-12(2)15(25)9-13)19-23(28-24)31(30-29-19)17-11-18(35-7-6-32)21(34)20(17)33;/h3*4-5,9,14,16-18,20-21,32-34H,3,6-8,10-11H2,1-2H3,(H,26,27,28);1H4/t3*14-,16+,17+,18-,20-,21+;/m000./s1/i6D2,7D2;7D2;6D2;. The van der Waals surface area contributed by atoms with Crippen molar-refractivity contribution in [1.29, 1.82) is 0 Å². The molecule has 18 atom stereocenters. The molecule has 0 bridgehead atoms. The quantitative estimate of drug-likeness (QED) is 0.0156. The van der Waals surface area contributed by atoms with Gasteiger partial charge in [0.05, 0.1) is 86.9 Å². The van der Waals surface area contributed by atoms with E-state index in [9.17, 15) is 59.1 Å². The maximum absolute atomic E-state index is 14.1. The van der Waals surface area contributed by atoms with Gasteiger partial charge in [-0.25, -0.2) is 57.1 Å². The molecule has 109 heavy (non-hydrogen) atoms. The molecule has 590 valence electrons. The minimum absolute atomic E-state index is 0. The highest BCUT2D eigenvalue weighted by atomic mass is 32.2. The molecule has 0 aliphatic heterocycles. The number of hydrogen-bond donors (Lipinski definition) is 12. The maximum Gasteiger partial charge on any atom is 0.191 e. The number of aromatic nitrogens is 15. The SMILES string of the molecule is C.[2H]C([2H])(CO)O[C@H]1C[C@@H](n2nnc3c(N[C@@H]4C[C@H]4c4ccc(C)c(F)c4)nc(SCCC)nc32)[C@H](O)[C@@H]1O.[2H]C([2H])(O)C([2H])([2H])O[C@H]1C[C@@H](n2nnc3c(N[C@@H]4C[C@H]4c4ccc(C)c(F)c4)nc(SCCC)nc32)[C@H](O)[C@@H]1O.[2H]C([2H])(O)CO[C@H]1C[C@@H](n2nnc3c(N[C@@H]4C[C@H]4c4ccc(C)c(F)c4)nc(SCCC)nc32)[C@H](O)[C@@H]1O. The van der Waals surface area contributed by atoms with E-state index in [-0.39, 0.29) is 85.7 Å². The molecule has 36 heteroatoms. The van der Waals surface area contributed by atoms with Crippen molar-refractivity contribution < 1.29 is 84.3 Å². The Morgan fingerprint density at radius 1 is 0.450 bits per heavy atom. The fourth-order valence-electron chi connectivity index (χ4n) is 13.8. The van der Waals surface area contributed by atoms with Gasteiger partial charge < -0.3 is 76.1 Å². The van der Waals surface area contributed by atoms with Crippen LogP contribution in [-0.4, -0.2) is 251 Å². The summed E-state index contributed by atoms with van der Waals surface area (Å²) in [5.74, 6) is 3.39. The average molecular weight is 1580 g/mol. The van der Waals surface area contributed by atoms with Gasteiger partial charge in [0.1, 0.15) is 54.1 Å². The number of nitrogens with zero attached hydrogens (tertiary/aromatic N) is 15. The van der Waals surface area contributed by atoms with E-state index in [1.807, 2.05) is 32.0 Å². The van der Waals surface area contributed by atoms with E-state index in [0.717, 1.165) is 72.5 Å². The fourth-order valence-corrected chi connectivity index (χ4v) is 15.9. The minimum atomic E-state index is -3.33. The second-order valence-electron chi connectivity index (χ2n) is 27.7. The van der Waals surface area contributed by atoms with E-state index >= 15 is 0 Å². The summed E-state index contributed by atoms with van der Waals surface area (Å²) in [6.07, 6.45) is -6.55. The summed E-state index contributed by atoms with van der Waals surface area (Å²) in [5.41, 5.74) is 6.66. The number of nitrogens with one attached hydrogen (secondary N) is 3. The van der Waals surface area contributed by atoms with Crippen molar-refractivity contribution in [1.82, 2.24) is 74.9 Å². The largest absolute Gasteiger partial charge is 0.394 e. The van der Waals surface area contributed by atoms with Gasteiger partial charge in [0.15, 0.2) is 66.4 Å². The highest BCUT2D eigenvalue weighted by Gasteiger charge is 2.49. The number of halogens is 3. The number of fused-ring (bicyclic) bond motifs is 3. The lowest BCUT2D eigenvalue weighted by atomic mass is 10.1. The summed E-state index contributed by atoms with van der Waals surface area (Å²) in [5, 5.41) is 129. The lowest BCUT2D eigenvalue weighted by Gasteiger charge is -2.17. The molecule has 15 rings (SSSR count). The van der Waals surface area contributed by atoms with E-state index in [1.165, 1.54) is 49.3 Å². The molecule has 30 nitrogen and oxygen atoms in total. The average Bonchev–Trinajstić information content (AvgIpc) is 1.61. The smallest absolute Gasteiger partial charge is 0.191 e. The van der Waals surface area contributed by atoms with Gasteiger partial charge in [-0.3, -0.25) is 0 Å². The van der Waals surface area contributed by atoms with Crippen LogP contribution in [0.1, 0.15) is 166 Å². The summed E-state index contributed by atoms with van der Waals surface area (Å²) in [4.78, 5) is 27.8. The Morgan fingerprint density at radius 2 is 0.771 bits per heavy atom. The zero-order valence-electron chi connectivity index (χ0n) is 67.8. The molecule has 6 heterocycles. The van der Waals surface area contributed by atoms with Crippen molar-refractivity contribution in [3.63, 3.8) is 0 Å². The number of anilines is 3. The van der Waals surface area contributed by atoms with Crippen LogP contribution in [0, 0.1) is 38.2 Å². The minimum Gasteiger partial charge on any atom is -0.394 e. The molecular formula is C73H97F3N18O12S3. The fraction of sp³-hybridized carbons (Fsp3) is 0.589. The van der Waals surface area contributed by atoms with E-state index in [4.69, 9.17) is 25.2 Å². The molecule has 12 N–H and O–H groups in total. The molecule has 3 aromatic carbocycles. The zero-order valence-corrected chi connectivity index (χ0v) is 62.3. The summed E-state index contributed by atoms with van der Waals surface area (Å²) in [7, 11) is 0. The Hall–Kier alpha value is -7.14. The molecule has 0 unspecified atom stereocenters. The van der Waals surface area contributed by atoms with Crippen LogP contribution in [-0.2, 0) is 14.2 Å². The first kappa shape index (κ1) is 70.9. The molecule has 0 radical (unpaired) electrons. The number of aliphatic hydroxyl groups excluding tert-OH is 7. The number of ether oxygens (including phenoxy) is 3. The predicted molar refractivity (Wildman–Crippen MR) is 404 cm³/mol. The highest BCUT2D eigenvalue weighted by molar-refractivity contribution is 7.99. The first-order valence-electron chi connectivity index (χ1n) is 39.9. The molecular weight excluding hydrogens is 1470 g/mol. The van der Waals surface area contributed by atoms with Gasteiger partial charge in [0, 0.05) is 72.4 Å². The summed E-state index contributed by atoms with van der Waals surface area (Å²) in [6.45, 7) is -1.63. The number of thioether (sulfide) groups is 3. The van der Waals surface area contributed by atoms with Crippen LogP contribution < -0.4 is 16.0 Å². The molecule has 6 aliphatic carbocycles. The van der Waals surface area contributed by atoms with Gasteiger partial charge in [-0.05, 0) is 111 Å². The van der Waals surface area contributed by atoms with Crippen molar-refractivity contribution in [2.24, 2.45) is 0 Å². The molecule has 6 fully saturated rings. The number of aryl methyl sites for hydroxylation is 3. The number of benzene rings is 3. The normalized spacial score (nSPS) is 29.0. The van der Waals surface area contributed by atoms with Crippen molar-refractivity contribution >= 4 is 86.2 Å². The number of aliphatic hydroxyl groups is 9. The third kappa shape index (κ3) is 18.2. The Balaban J connectivity index is 0.000000161. The van der Waals surface area contributed by atoms with Gasteiger partial charge in [-0.15, -0.1) is 15.3 Å². The highest BCUT2D eigenvalue weighted by Crippen LogP contribution is 2.48. The van der Waals surface area contributed by atoms with Crippen LogP contribution >= 0.6 is 35.3 Å². The van der Waals surface area contributed by atoms with E-state index in [2.05, 4.69) is 83.7 Å². The maximum atomic E-state index is 14.1. The molecule has 0 amide bonds. The number of rotatable bonds is 30. The van der Waals surface area contributed by atoms with Gasteiger partial charge in [-0.2, -0.15) is 0 Å². The summed E-state index contributed by atoms with van der Waals surface area (Å²) >= 11 is 4.38. The third-order valence-electron chi connectivity index (χ3n) is 20.1. The van der Waals surface area contributed by atoms with Crippen molar-refractivity contribution in [2.45, 2.75) is 231 Å². The summed E-state index contributed by atoms with van der Waals surface area (Å²) < 4.78 is 122. The van der Waals surface area contributed by atoms with Crippen molar-refractivity contribution in [3.8, 4) is 0 Å². The molecule has 6 aliphatic rings. The zero-order chi connectivity index (χ0) is 83.4. The van der Waals surface area contributed by atoms with Gasteiger partial charge >= 0.3 is 0 Å². The lowest BCUT2D eigenvalue weighted by molar-refractivity contribution is -0.0629. The first-order chi connectivity index (χ1) is 55.0. The first-order valence-corrected chi connectivity index (χ1v) is 38.9. The van der Waals surface area contributed by atoms with Crippen LogP contribution in [0.2, 0.25) is 0 Å². The second-order valence-corrected chi connectivity index (χ2v) is 30.9. The Bertz CT molecular complexity index is 4980. The van der Waals surface area contributed by atoms with Gasteiger partial charge in [0.25, 0.3) is 0 Å². The summed E-state index contributed by atoms with van der Waals surface area (Å²) in [6, 6.07) is 13.4. The Labute approximate surface area is 651 Å². The molecule has 6 saturated carbocycles. The van der Waals surface area contributed by atoms with Crippen LogP contribution in [0.5, 0.6) is 0 Å². The van der Waals surface area contributed by atoms with Crippen LogP contribution in [0.15, 0.2) is 70.1 Å². The molecule has 9 aromatic rings. The third-order valence-corrected chi connectivity index (χ3v) is 23.2. The van der Waals surface area contributed by atoms with Crippen molar-refractivity contribution in [3.05, 3.63) is 105 Å². The van der Waals surface area contributed by atoms with Gasteiger partial charge in [-0.1, -0.05) is 116 Å². The molecule has 0 spiro atoms. The molecule has 6 aromatic heterocycles. The topological polar surface area (TPSA) is 415 Å². The van der Waals surface area contributed by atoms with Crippen LogP contribution in [0.25, 0.3) is 33.5 Å². The monoisotopic (exact) mass is 1580 g/mol. The predicted octanol–water partition coefficient (Wildman–Crippen LogP) is 7.19.